The highest BCUT2D eigenvalue weighted by Gasteiger charge is 2.28. The number of benzene rings is 1. The maximum absolute atomic E-state index is 11.1. The Labute approximate surface area is 170 Å². The number of carbonyl (C=O) groups is 1. The van der Waals surface area contributed by atoms with Crippen LogP contribution in [0, 0.1) is 12.8 Å². The molecule has 1 atom stereocenters. The van der Waals surface area contributed by atoms with Crippen LogP contribution in [0.2, 0.25) is 0 Å². The number of rotatable bonds is 6. The Morgan fingerprint density at radius 1 is 1.10 bits per heavy atom. The summed E-state index contributed by atoms with van der Waals surface area (Å²) in [5.41, 5.74) is 3.41. The molecule has 1 aliphatic carbocycles. The number of nitrogens with one attached hydrogen (secondary N) is 1. The van der Waals surface area contributed by atoms with Gasteiger partial charge in [0.2, 0.25) is 0 Å². The molecule has 0 amide bonds. The van der Waals surface area contributed by atoms with E-state index in [-0.39, 0.29) is 6.04 Å². The van der Waals surface area contributed by atoms with Crippen LogP contribution in [0.1, 0.15) is 59.8 Å². The van der Waals surface area contributed by atoms with Crippen molar-refractivity contribution in [3.05, 3.63) is 71.7 Å². The Hall–Kier alpha value is -3.08. The van der Waals surface area contributed by atoms with Crippen molar-refractivity contribution < 1.29 is 14.3 Å². The summed E-state index contributed by atoms with van der Waals surface area (Å²) in [4.78, 5) is 15.2. The molecule has 2 heterocycles. The van der Waals surface area contributed by atoms with Crippen LogP contribution in [0.5, 0.6) is 0 Å². The van der Waals surface area contributed by atoms with Crippen molar-refractivity contribution in [3.8, 4) is 11.3 Å². The molecular formula is C24H26N2O3. The normalized spacial score (nSPS) is 15.8. The van der Waals surface area contributed by atoms with Crippen LogP contribution < -0.4 is 5.32 Å². The fourth-order valence-corrected chi connectivity index (χ4v) is 4.27. The first-order chi connectivity index (χ1) is 14.1. The monoisotopic (exact) mass is 390 g/mol. The van der Waals surface area contributed by atoms with Gasteiger partial charge in [-0.05, 0) is 68.1 Å². The van der Waals surface area contributed by atoms with E-state index in [1.807, 2.05) is 31.2 Å². The van der Waals surface area contributed by atoms with Gasteiger partial charge >= 0.3 is 5.97 Å². The Kier molecular flexibility index (Phi) is 5.65. The molecule has 1 aromatic carbocycles. The summed E-state index contributed by atoms with van der Waals surface area (Å²) in [6.45, 7) is 2.02. The van der Waals surface area contributed by atoms with E-state index in [1.54, 1.807) is 24.5 Å². The Balaban J connectivity index is 1.65. The molecule has 2 aromatic heterocycles. The molecule has 2 N–H and O–H groups in total. The van der Waals surface area contributed by atoms with Crippen molar-refractivity contribution in [1.29, 1.82) is 0 Å². The third-order valence-electron chi connectivity index (χ3n) is 5.83. The molecule has 1 fully saturated rings. The van der Waals surface area contributed by atoms with Gasteiger partial charge in [0.1, 0.15) is 11.5 Å². The lowest BCUT2D eigenvalue weighted by Gasteiger charge is -2.31. The summed E-state index contributed by atoms with van der Waals surface area (Å²) in [7, 11) is 0. The molecule has 0 spiro atoms. The fourth-order valence-electron chi connectivity index (χ4n) is 4.27. The lowest BCUT2D eigenvalue weighted by molar-refractivity contribution is 0.0697. The van der Waals surface area contributed by atoms with Gasteiger partial charge in [0, 0.05) is 29.2 Å². The van der Waals surface area contributed by atoms with Crippen LogP contribution in [0.25, 0.3) is 11.3 Å². The molecule has 4 rings (SSSR count). The molecule has 0 saturated heterocycles. The minimum atomic E-state index is -0.909. The van der Waals surface area contributed by atoms with Crippen LogP contribution in [-0.4, -0.2) is 16.1 Å². The van der Waals surface area contributed by atoms with E-state index in [0.29, 0.717) is 11.5 Å². The summed E-state index contributed by atoms with van der Waals surface area (Å²) < 4.78 is 6.12. The number of pyridine rings is 1. The van der Waals surface area contributed by atoms with Crippen molar-refractivity contribution >= 4 is 11.7 Å². The Morgan fingerprint density at radius 3 is 2.45 bits per heavy atom. The van der Waals surface area contributed by atoms with Gasteiger partial charge in [-0.1, -0.05) is 19.3 Å². The van der Waals surface area contributed by atoms with Gasteiger partial charge < -0.3 is 14.8 Å². The molecule has 5 heteroatoms. The Morgan fingerprint density at radius 2 is 1.79 bits per heavy atom. The van der Waals surface area contributed by atoms with Gasteiger partial charge in [0.15, 0.2) is 0 Å². The maximum Gasteiger partial charge on any atom is 0.335 e. The molecular weight excluding hydrogens is 364 g/mol. The summed E-state index contributed by atoms with van der Waals surface area (Å²) in [5.74, 6) is 1.38. The van der Waals surface area contributed by atoms with Gasteiger partial charge in [-0.2, -0.15) is 0 Å². The average molecular weight is 390 g/mol. The van der Waals surface area contributed by atoms with Crippen molar-refractivity contribution in [1.82, 2.24) is 4.98 Å². The molecule has 1 saturated carbocycles. The van der Waals surface area contributed by atoms with E-state index in [2.05, 4.69) is 16.4 Å². The zero-order chi connectivity index (χ0) is 20.2. The number of aromatic carboxylic acids is 1. The van der Waals surface area contributed by atoms with E-state index in [1.165, 1.54) is 37.7 Å². The number of hydrogen-bond acceptors (Lipinski definition) is 4. The van der Waals surface area contributed by atoms with Gasteiger partial charge in [0.05, 0.1) is 11.6 Å². The van der Waals surface area contributed by atoms with Crippen molar-refractivity contribution in [2.45, 2.75) is 45.1 Å². The van der Waals surface area contributed by atoms with Crippen molar-refractivity contribution in [2.75, 3.05) is 5.32 Å². The zero-order valence-corrected chi connectivity index (χ0v) is 16.6. The van der Waals surface area contributed by atoms with E-state index in [4.69, 9.17) is 9.52 Å². The summed E-state index contributed by atoms with van der Waals surface area (Å²) in [5, 5.41) is 12.8. The fraction of sp³-hybridized carbons (Fsp3) is 0.333. The summed E-state index contributed by atoms with van der Waals surface area (Å²) in [6, 6.07) is 13.2. The molecule has 3 aromatic rings. The van der Waals surface area contributed by atoms with Crippen molar-refractivity contribution in [2.24, 2.45) is 5.92 Å². The Bertz CT molecular complexity index is 958. The van der Waals surface area contributed by atoms with Gasteiger partial charge in [0.25, 0.3) is 0 Å². The lowest BCUT2D eigenvalue weighted by atomic mass is 9.81. The molecule has 5 nitrogen and oxygen atoms in total. The molecule has 1 unspecified atom stereocenters. The summed E-state index contributed by atoms with van der Waals surface area (Å²) >= 11 is 0. The molecule has 0 radical (unpaired) electrons. The number of hydrogen-bond donors (Lipinski definition) is 2. The largest absolute Gasteiger partial charge is 0.478 e. The van der Waals surface area contributed by atoms with Gasteiger partial charge in [-0.15, -0.1) is 0 Å². The first-order valence-corrected chi connectivity index (χ1v) is 10.2. The number of carboxylic acid groups (broad SMARTS) is 1. The third kappa shape index (κ3) is 4.34. The molecule has 29 heavy (non-hydrogen) atoms. The van der Waals surface area contributed by atoms with E-state index < -0.39 is 5.97 Å². The molecule has 0 aliphatic heterocycles. The third-order valence-corrected chi connectivity index (χ3v) is 5.83. The number of carboxylic acids is 1. The molecule has 150 valence electrons. The first kappa shape index (κ1) is 19.2. The minimum absolute atomic E-state index is 0.130. The van der Waals surface area contributed by atoms with Crippen LogP contribution >= 0.6 is 0 Å². The maximum atomic E-state index is 11.1. The number of nitrogens with zero attached hydrogens (tertiary/aromatic N) is 1. The second-order valence-electron chi connectivity index (χ2n) is 7.76. The van der Waals surface area contributed by atoms with Crippen molar-refractivity contribution in [3.63, 3.8) is 0 Å². The van der Waals surface area contributed by atoms with Crippen LogP contribution in [0.3, 0.4) is 0 Å². The highest BCUT2D eigenvalue weighted by Crippen LogP contribution is 2.40. The average Bonchev–Trinajstić information content (AvgIpc) is 3.15. The van der Waals surface area contributed by atoms with Crippen LogP contribution in [0.4, 0.5) is 5.69 Å². The lowest BCUT2D eigenvalue weighted by Crippen LogP contribution is -2.23. The predicted octanol–water partition coefficient (Wildman–Crippen LogP) is 6.08. The summed E-state index contributed by atoms with van der Waals surface area (Å²) in [6.07, 6.45) is 9.69. The van der Waals surface area contributed by atoms with E-state index >= 15 is 0 Å². The number of furan rings is 1. The predicted molar refractivity (Wildman–Crippen MR) is 113 cm³/mol. The first-order valence-electron chi connectivity index (χ1n) is 10.2. The van der Waals surface area contributed by atoms with E-state index in [0.717, 1.165) is 22.8 Å². The molecule has 0 bridgehead atoms. The number of aromatic nitrogens is 1. The molecule has 1 aliphatic rings. The topological polar surface area (TPSA) is 75.4 Å². The highest BCUT2D eigenvalue weighted by molar-refractivity contribution is 5.88. The minimum Gasteiger partial charge on any atom is -0.478 e. The number of aryl methyl sites for hydroxylation is 1. The smallest absolute Gasteiger partial charge is 0.335 e. The van der Waals surface area contributed by atoms with Gasteiger partial charge in [-0.25, -0.2) is 4.79 Å². The second-order valence-corrected chi connectivity index (χ2v) is 7.76. The quantitative estimate of drug-likeness (QED) is 0.533. The highest BCUT2D eigenvalue weighted by atomic mass is 16.4. The number of anilines is 1. The zero-order valence-electron chi connectivity index (χ0n) is 16.6. The van der Waals surface area contributed by atoms with E-state index in [9.17, 15) is 4.79 Å². The van der Waals surface area contributed by atoms with Crippen LogP contribution in [-0.2, 0) is 0 Å². The van der Waals surface area contributed by atoms with Crippen LogP contribution in [0.15, 0.2) is 59.3 Å². The van der Waals surface area contributed by atoms with Gasteiger partial charge in [-0.3, -0.25) is 4.98 Å². The standard InChI is InChI=1S/C24H26N2O3/c1-16-21(15-22(29-16)17-11-13-25-14-12-17)23(18-5-3-2-4-6-18)26-20-9-7-19(8-10-20)24(27)28/h7-15,18,23,26H,2-6H2,1H3,(H,27,28). The second kappa shape index (κ2) is 8.52. The SMILES string of the molecule is Cc1oc(-c2ccncc2)cc1C(Nc1ccc(C(=O)O)cc1)C1CCCCC1.